The summed E-state index contributed by atoms with van der Waals surface area (Å²) in [4.78, 5) is 16.3. The Balaban J connectivity index is 2.10. The Kier molecular flexibility index (Phi) is 5.55. The molecule has 0 bridgehead atoms. The largest absolute Gasteiger partial charge is 0.352 e. The first kappa shape index (κ1) is 16.5. The first-order chi connectivity index (χ1) is 10.5. The van der Waals surface area contributed by atoms with E-state index in [0.29, 0.717) is 23.8 Å². The number of hydrogen-bond donors (Lipinski definition) is 2. The van der Waals surface area contributed by atoms with Crippen molar-refractivity contribution in [1.82, 2.24) is 10.3 Å². The summed E-state index contributed by atoms with van der Waals surface area (Å²) in [6.07, 6.45) is 1.63. The van der Waals surface area contributed by atoms with Crippen molar-refractivity contribution in [2.45, 2.75) is 20.8 Å². The minimum absolute atomic E-state index is 0.0794. The van der Waals surface area contributed by atoms with Crippen LogP contribution < -0.4 is 10.6 Å². The SMILES string of the molecule is Cc1ccc(Nc2cc(C(=O)NCC(C)C)ccn2)cc1Br. The minimum atomic E-state index is -0.0794. The number of rotatable bonds is 5. The number of hydrogen-bond acceptors (Lipinski definition) is 3. The van der Waals surface area contributed by atoms with E-state index in [4.69, 9.17) is 0 Å². The number of halogens is 1. The molecule has 5 heteroatoms. The highest BCUT2D eigenvalue weighted by Crippen LogP contribution is 2.23. The predicted molar refractivity (Wildman–Crippen MR) is 93.6 cm³/mol. The summed E-state index contributed by atoms with van der Waals surface area (Å²) in [6.45, 7) is 6.82. The smallest absolute Gasteiger partial charge is 0.251 e. The fraction of sp³-hybridized carbons (Fsp3) is 0.294. The van der Waals surface area contributed by atoms with Gasteiger partial charge in [-0.2, -0.15) is 0 Å². The molecule has 1 aromatic carbocycles. The Hall–Kier alpha value is -1.88. The van der Waals surface area contributed by atoms with Gasteiger partial charge in [0.15, 0.2) is 0 Å². The van der Waals surface area contributed by atoms with E-state index in [1.807, 2.05) is 25.1 Å². The first-order valence-corrected chi connectivity index (χ1v) is 8.02. The topological polar surface area (TPSA) is 54.0 Å². The third-order valence-corrected chi connectivity index (χ3v) is 3.99. The number of aryl methyl sites for hydroxylation is 1. The standard InChI is InChI=1S/C17H20BrN3O/c1-11(2)10-20-17(22)13-6-7-19-16(8-13)21-14-5-4-12(3)15(18)9-14/h4-9,11H,10H2,1-3H3,(H,19,21)(H,20,22). The van der Waals surface area contributed by atoms with Crippen molar-refractivity contribution in [3.63, 3.8) is 0 Å². The Bertz CT molecular complexity index is 671. The third-order valence-electron chi connectivity index (χ3n) is 3.14. The number of nitrogens with one attached hydrogen (secondary N) is 2. The molecule has 1 amide bonds. The Morgan fingerprint density at radius 1 is 1.27 bits per heavy atom. The molecule has 0 aliphatic heterocycles. The van der Waals surface area contributed by atoms with Crippen LogP contribution in [0.25, 0.3) is 0 Å². The van der Waals surface area contributed by atoms with Crippen LogP contribution in [0, 0.1) is 12.8 Å². The number of nitrogens with zero attached hydrogens (tertiary/aromatic N) is 1. The first-order valence-electron chi connectivity index (χ1n) is 7.23. The lowest BCUT2D eigenvalue weighted by atomic mass is 10.2. The van der Waals surface area contributed by atoms with Gasteiger partial charge in [-0.25, -0.2) is 4.98 Å². The molecule has 22 heavy (non-hydrogen) atoms. The molecule has 0 saturated carbocycles. The molecule has 0 unspecified atom stereocenters. The zero-order valence-electron chi connectivity index (χ0n) is 13.0. The van der Waals surface area contributed by atoms with Crippen LogP contribution in [0.3, 0.4) is 0 Å². The van der Waals surface area contributed by atoms with Gasteiger partial charge in [-0.05, 0) is 42.7 Å². The predicted octanol–water partition coefficient (Wildman–Crippen LogP) is 4.28. The highest BCUT2D eigenvalue weighted by molar-refractivity contribution is 9.10. The van der Waals surface area contributed by atoms with Crippen molar-refractivity contribution >= 4 is 33.3 Å². The van der Waals surface area contributed by atoms with Crippen LogP contribution in [0.5, 0.6) is 0 Å². The number of amides is 1. The molecule has 0 atom stereocenters. The quantitative estimate of drug-likeness (QED) is 0.835. The van der Waals surface area contributed by atoms with Crippen molar-refractivity contribution in [3.8, 4) is 0 Å². The van der Waals surface area contributed by atoms with Gasteiger partial charge in [0, 0.05) is 28.5 Å². The zero-order valence-corrected chi connectivity index (χ0v) is 14.6. The van der Waals surface area contributed by atoms with Crippen LogP contribution in [0.4, 0.5) is 11.5 Å². The summed E-state index contributed by atoms with van der Waals surface area (Å²) in [7, 11) is 0. The maximum absolute atomic E-state index is 12.1. The monoisotopic (exact) mass is 361 g/mol. The van der Waals surface area contributed by atoms with E-state index < -0.39 is 0 Å². The summed E-state index contributed by atoms with van der Waals surface area (Å²) >= 11 is 3.51. The minimum Gasteiger partial charge on any atom is -0.352 e. The van der Waals surface area contributed by atoms with Gasteiger partial charge in [-0.1, -0.05) is 35.8 Å². The molecule has 1 heterocycles. The highest BCUT2D eigenvalue weighted by Gasteiger charge is 2.08. The highest BCUT2D eigenvalue weighted by atomic mass is 79.9. The van der Waals surface area contributed by atoms with Crippen molar-refractivity contribution in [2.24, 2.45) is 5.92 Å². The van der Waals surface area contributed by atoms with Gasteiger partial charge in [0.05, 0.1) is 0 Å². The third kappa shape index (κ3) is 4.56. The molecule has 0 aliphatic rings. The molecule has 2 N–H and O–H groups in total. The van der Waals surface area contributed by atoms with E-state index in [0.717, 1.165) is 10.2 Å². The number of benzene rings is 1. The summed E-state index contributed by atoms with van der Waals surface area (Å²) in [5.41, 5.74) is 2.69. The number of carbonyl (C=O) groups is 1. The number of anilines is 2. The van der Waals surface area contributed by atoms with Crippen LogP contribution >= 0.6 is 15.9 Å². The van der Waals surface area contributed by atoms with Crippen molar-refractivity contribution < 1.29 is 4.79 Å². The molecule has 4 nitrogen and oxygen atoms in total. The average Bonchev–Trinajstić information content (AvgIpc) is 2.49. The van der Waals surface area contributed by atoms with E-state index in [-0.39, 0.29) is 5.91 Å². The Morgan fingerprint density at radius 3 is 2.73 bits per heavy atom. The Labute approximate surface area is 139 Å². The van der Waals surface area contributed by atoms with Gasteiger partial charge < -0.3 is 10.6 Å². The summed E-state index contributed by atoms with van der Waals surface area (Å²) in [5.74, 6) is 0.991. The van der Waals surface area contributed by atoms with Crippen molar-refractivity contribution in [3.05, 3.63) is 52.1 Å². The lowest BCUT2D eigenvalue weighted by molar-refractivity contribution is 0.0949. The van der Waals surface area contributed by atoms with Gasteiger partial charge >= 0.3 is 0 Å². The normalized spacial score (nSPS) is 10.6. The lowest BCUT2D eigenvalue weighted by Crippen LogP contribution is -2.27. The summed E-state index contributed by atoms with van der Waals surface area (Å²) in [6, 6.07) is 9.46. The second-order valence-corrected chi connectivity index (χ2v) is 6.48. The maximum atomic E-state index is 12.1. The molecule has 116 valence electrons. The zero-order chi connectivity index (χ0) is 16.1. The van der Waals surface area contributed by atoms with Crippen LogP contribution in [0.15, 0.2) is 41.0 Å². The maximum Gasteiger partial charge on any atom is 0.251 e. The molecule has 0 fully saturated rings. The van der Waals surface area contributed by atoms with Gasteiger partial charge in [-0.3, -0.25) is 4.79 Å². The molecular formula is C17H20BrN3O. The number of aromatic nitrogens is 1. The van der Waals surface area contributed by atoms with Gasteiger partial charge in [-0.15, -0.1) is 0 Å². The fourth-order valence-electron chi connectivity index (χ4n) is 1.86. The van der Waals surface area contributed by atoms with E-state index in [2.05, 4.69) is 45.4 Å². The molecule has 0 radical (unpaired) electrons. The van der Waals surface area contributed by atoms with E-state index >= 15 is 0 Å². The lowest BCUT2D eigenvalue weighted by Gasteiger charge is -2.10. The molecule has 0 saturated heterocycles. The second-order valence-electron chi connectivity index (χ2n) is 5.62. The molecule has 2 aromatic rings. The molecular weight excluding hydrogens is 342 g/mol. The molecule has 2 rings (SSSR count). The van der Waals surface area contributed by atoms with Crippen LogP contribution in [-0.2, 0) is 0 Å². The second kappa shape index (κ2) is 7.40. The van der Waals surface area contributed by atoms with Crippen molar-refractivity contribution in [2.75, 3.05) is 11.9 Å². The number of carbonyl (C=O) groups excluding carboxylic acids is 1. The fourth-order valence-corrected chi connectivity index (χ4v) is 2.24. The Morgan fingerprint density at radius 2 is 2.05 bits per heavy atom. The molecule has 0 aliphatic carbocycles. The molecule has 1 aromatic heterocycles. The van der Waals surface area contributed by atoms with E-state index in [1.54, 1.807) is 18.3 Å². The van der Waals surface area contributed by atoms with E-state index in [9.17, 15) is 4.79 Å². The van der Waals surface area contributed by atoms with Gasteiger partial charge in [0.2, 0.25) is 0 Å². The summed E-state index contributed by atoms with van der Waals surface area (Å²) in [5, 5.41) is 6.12. The van der Waals surface area contributed by atoms with Gasteiger partial charge in [0.25, 0.3) is 5.91 Å². The average molecular weight is 362 g/mol. The van der Waals surface area contributed by atoms with Crippen LogP contribution in [0.2, 0.25) is 0 Å². The number of pyridine rings is 1. The molecule has 0 spiro atoms. The van der Waals surface area contributed by atoms with Gasteiger partial charge in [0.1, 0.15) is 5.82 Å². The summed E-state index contributed by atoms with van der Waals surface area (Å²) < 4.78 is 1.03. The van der Waals surface area contributed by atoms with Crippen LogP contribution in [0.1, 0.15) is 29.8 Å². The van der Waals surface area contributed by atoms with E-state index in [1.165, 1.54) is 5.56 Å². The van der Waals surface area contributed by atoms with Crippen LogP contribution in [-0.4, -0.2) is 17.4 Å². The van der Waals surface area contributed by atoms with Crippen molar-refractivity contribution in [1.29, 1.82) is 0 Å².